The van der Waals surface area contributed by atoms with E-state index in [0.29, 0.717) is 19.3 Å². The summed E-state index contributed by atoms with van der Waals surface area (Å²) in [5.41, 5.74) is -2.78. The number of carbonyl (C=O) groups excluding carboxylic acids is 1. The standard InChI is InChI=1S/C42H70O18/c1-18(17-55-37-35(51)33(49)31(47)27(15-43)58-37)7-10-42(54-6)19(2)30-24(60-42)12-23-21-11-29(46)41(53)14-26(56-20(3)45)25(13-40(41,5)22(21)8-9-39(23,30)4)57-38-36(52)34(50)32(48)28(16-44)59-38/h18-19,21-38,43-44,46-53H,7-17H2,1-6H3/t18-,19+,21-,22+,23+,24?,25-,26-,27-,28-,29-,30?,31-,32-,33+,34+,35-,36-,37-,38-,39+,40-,41+,42?/m1/s1. The van der Waals surface area contributed by atoms with Gasteiger partial charge in [0.05, 0.1) is 43.7 Å². The first kappa shape index (κ1) is 46.8. The average Bonchev–Trinajstić information content (AvgIpc) is 3.66. The summed E-state index contributed by atoms with van der Waals surface area (Å²) in [7, 11) is 1.66. The zero-order chi connectivity index (χ0) is 43.9. The van der Waals surface area contributed by atoms with Crippen molar-refractivity contribution in [3.05, 3.63) is 0 Å². The van der Waals surface area contributed by atoms with Crippen LogP contribution in [0.15, 0.2) is 0 Å². The second-order valence-electron chi connectivity index (χ2n) is 19.8. The smallest absolute Gasteiger partial charge is 0.302 e. The Hall–Kier alpha value is -1.17. The molecule has 18 heteroatoms. The minimum absolute atomic E-state index is 0.000134. The van der Waals surface area contributed by atoms with Crippen molar-refractivity contribution in [3.63, 3.8) is 0 Å². The molecule has 0 spiro atoms. The van der Waals surface area contributed by atoms with E-state index in [0.717, 1.165) is 19.3 Å². The summed E-state index contributed by atoms with van der Waals surface area (Å²) >= 11 is 0. The van der Waals surface area contributed by atoms with E-state index in [1.165, 1.54) is 6.92 Å². The van der Waals surface area contributed by atoms with Gasteiger partial charge in [-0.15, -0.1) is 0 Å². The molecule has 0 amide bonds. The summed E-state index contributed by atoms with van der Waals surface area (Å²) in [6, 6.07) is 0. The largest absolute Gasteiger partial charge is 0.460 e. The number of fused-ring (bicyclic) bond motifs is 7. The molecule has 18 nitrogen and oxygen atoms in total. The second-order valence-corrected chi connectivity index (χ2v) is 19.8. The third-order valence-electron chi connectivity index (χ3n) is 16.7. The average molecular weight is 863 g/mol. The van der Waals surface area contributed by atoms with Gasteiger partial charge in [-0.3, -0.25) is 4.79 Å². The molecule has 4 aliphatic carbocycles. The third-order valence-corrected chi connectivity index (χ3v) is 16.7. The normalized spacial score (nSPS) is 54.4. The quantitative estimate of drug-likeness (QED) is 0.0804. The van der Waals surface area contributed by atoms with Crippen molar-refractivity contribution >= 4 is 5.97 Å². The number of esters is 1. The Balaban J connectivity index is 1.05. The maximum Gasteiger partial charge on any atom is 0.302 e. The number of aliphatic hydroxyl groups excluding tert-OH is 9. The molecule has 0 aromatic carbocycles. The molecule has 3 aliphatic heterocycles. The molecule has 0 bridgehead atoms. The van der Waals surface area contributed by atoms with Crippen LogP contribution in [0.1, 0.15) is 86.0 Å². The summed E-state index contributed by atoms with van der Waals surface area (Å²) in [5, 5.41) is 106. The number of ether oxygens (including phenoxy) is 7. The van der Waals surface area contributed by atoms with Gasteiger partial charge < -0.3 is 84.2 Å². The Morgan fingerprint density at radius 2 is 1.45 bits per heavy atom. The molecule has 24 atom stereocenters. The molecule has 0 radical (unpaired) electrons. The maximum atomic E-state index is 12.6. The lowest BCUT2D eigenvalue weighted by Crippen LogP contribution is -2.71. The first-order valence-corrected chi connectivity index (χ1v) is 21.9. The minimum Gasteiger partial charge on any atom is -0.460 e. The van der Waals surface area contributed by atoms with Gasteiger partial charge in [-0.1, -0.05) is 27.7 Å². The van der Waals surface area contributed by atoms with E-state index in [4.69, 9.17) is 33.2 Å². The minimum atomic E-state index is -1.68. The highest BCUT2D eigenvalue weighted by Gasteiger charge is 2.73. The molecule has 3 saturated heterocycles. The van der Waals surface area contributed by atoms with Crippen LogP contribution in [-0.4, -0.2) is 181 Å². The lowest BCUT2D eigenvalue weighted by Gasteiger charge is -2.66. The lowest BCUT2D eigenvalue weighted by atomic mass is 9.42. The van der Waals surface area contributed by atoms with Crippen LogP contribution >= 0.6 is 0 Å². The van der Waals surface area contributed by atoms with E-state index < -0.39 is 116 Å². The van der Waals surface area contributed by atoms with Gasteiger partial charge in [0.1, 0.15) is 54.9 Å². The third kappa shape index (κ3) is 7.58. The molecule has 3 unspecified atom stereocenters. The highest BCUT2D eigenvalue weighted by molar-refractivity contribution is 5.66. The van der Waals surface area contributed by atoms with Crippen LogP contribution in [-0.2, 0) is 38.0 Å². The number of hydrogen-bond donors (Lipinski definition) is 10. The Bertz CT molecular complexity index is 1500. The second kappa shape index (κ2) is 17.3. The monoisotopic (exact) mass is 862 g/mol. The first-order chi connectivity index (χ1) is 28.2. The van der Waals surface area contributed by atoms with Gasteiger partial charge in [-0.2, -0.15) is 0 Å². The fourth-order valence-electron chi connectivity index (χ4n) is 13.4. The zero-order valence-corrected chi connectivity index (χ0v) is 35.6. The number of hydrogen-bond acceptors (Lipinski definition) is 18. The Kier molecular flexibility index (Phi) is 13.5. The van der Waals surface area contributed by atoms with Crippen LogP contribution in [0.25, 0.3) is 0 Å². The van der Waals surface area contributed by atoms with Crippen molar-refractivity contribution in [1.82, 2.24) is 0 Å². The number of carbonyl (C=O) groups is 1. The highest BCUT2D eigenvalue weighted by atomic mass is 16.7. The van der Waals surface area contributed by atoms with Gasteiger partial charge >= 0.3 is 5.97 Å². The molecule has 4 saturated carbocycles. The predicted octanol–water partition coefficient (Wildman–Crippen LogP) is -1.32. The van der Waals surface area contributed by atoms with Crippen molar-refractivity contribution in [2.75, 3.05) is 26.9 Å². The van der Waals surface area contributed by atoms with Gasteiger partial charge in [0.2, 0.25) is 0 Å². The van der Waals surface area contributed by atoms with Gasteiger partial charge in [0.15, 0.2) is 18.4 Å². The summed E-state index contributed by atoms with van der Waals surface area (Å²) in [6.07, 6.45) is -13.8. The van der Waals surface area contributed by atoms with E-state index in [-0.39, 0.29) is 66.5 Å². The molecule has 3 heterocycles. The van der Waals surface area contributed by atoms with Crippen molar-refractivity contribution in [2.24, 2.45) is 46.3 Å². The van der Waals surface area contributed by atoms with Crippen LogP contribution < -0.4 is 0 Å². The summed E-state index contributed by atoms with van der Waals surface area (Å²) in [4.78, 5) is 12.4. The van der Waals surface area contributed by atoms with Crippen LogP contribution in [0.4, 0.5) is 0 Å². The molecular formula is C42H70O18. The van der Waals surface area contributed by atoms with Crippen molar-refractivity contribution < 1.29 is 89.0 Å². The van der Waals surface area contributed by atoms with E-state index in [2.05, 4.69) is 13.8 Å². The summed E-state index contributed by atoms with van der Waals surface area (Å²) in [6.45, 7) is 8.66. The predicted molar refractivity (Wildman–Crippen MR) is 205 cm³/mol. The van der Waals surface area contributed by atoms with E-state index in [1.807, 2.05) is 13.8 Å². The van der Waals surface area contributed by atoms with Gasteiger partial charge in [0.25, 0.3) is 0 Å². The zero-order valence-electron chi connectivity index (χ0n) is 35.6. The van der Waals surface area contributed by atoms with E-state index in [1.54, 1.807) is 7.11 Å². The van der Waals surface area contributed by atoms with Crippen LogP contribution in [0.5, 0.6) is 0 Å². The van der Waals surface area contributed by atoms with Crippen LogP contribution in [0.3, 0.4) is 0 Å². The fraction of sp³-hybridized carbons (Fsp3) is 0.976. The lowest BCUT2D eigenvalue weighted by molar-refractivity contribution is -0.339. The SMILES string of the molecule is COC1(CC[C@@H](C)CO[C@@H]2O[C@H](CO)[C@@H](O)[C@H](O)[C@H]2O)OC2C[C@H]3[C@@H]4C[C@@H](O)[C@@]5(O)C[C@@H](OC(C)=O)[C@H](O[C@@H]6O[C@H](CO)[C@@H](O)[C@H](O)[C@H]6O)C[C@]5(C)[C@H]4CC[C@]3(C)C2[C@@H]1C. The van der Waals surface area contributed by atoms with Crippen molar-refractivity contribution in [1.29, 1.82) is 0 Å². The Morgan fingerprint density at radius 1 is 0.833 bits per heavy atom. The molecule has 10 N–H and O–H groups in total. The summed E-state index contributed by atoms with van der Waals surface area (Å²) in [5.74, 6) is -1.34. The number of rotatable bonds is 12. The maximum absolute atomic E-state index is 12.6. The Morgan fingerprint density at radius 3 is 2.05 bits per heavy atom. The molecule has 346 valence electrons. The molecular weight excluding hydrogens is 792 g/mol. The van der Waals surface area contributed by atoms with Crippen molar-refractivity contribution in [3.8, 4) is 0 Å². The van der Waals surface area contributed by atoms with Gasteiger partial charge in [-0.05, 0) is 73.5 Å². The molecule has 7 fully saturated rings. The molecule has 7 rings (SSSR count). The fourth-order valence-corrected chi connectivity index (χ4v) is 13.4. The summed E-state index contributed by atoms with van der Waals surface area (Å²) < 4.78 is 42.2. The van der Waals surface area contributed by atoms with Crippen molar-refractivity contribution in [2.45, 2.75) is 183 Å². The molecule has 60 heavy (non-hydrogen) atoms. The number of methoxy groups -OCH3 is 1. The van der Waals surface area contributed by atoms with E-state index >= 15 is 0 Å². The molecule has 0 aromatic rings. The first-order valence-electron chi connectivity index (χ1n) is 21.9. The highest BCUT2D eigenvalue weighted by Crippen LogP contribution is 2.72. The molecule has 7 aliphatic rings. The molecule has 0 aromatic heterocycles. The topological polar surface area (TPSA) is 284 Å². The number of aliphatic hydroxyl groups is 10. The van der Waals surface area contributed by atoms with Crippen LogP contribution in [0.2, 0.25) is 0 Å². The Labute approximate surface area is 351 Å². The van der Waals surface area contributed by atoms with Gasteiger partial charge in [0, 0.05) is 38.2 Å². The van der Waals surface area contributed by atoms with Crippen LogP contribution in [0, 0.1) is 46.3 Å². The van der Waals surface area contributed by atoms with Gasteiger partial charge in [-0.25, -0.2) is 0 Å². The van der Waals surface area contributed by atoms with E-state index in [9.17, 15) is 55.9 Å².